The maximum Gasteiger partial charge on any atom is 0.142 e. The van der Waals surface area contributed by atoms with Crippen LogP contribution in [0, 0.1) is 5.82 Å². The topological polar surface area (TPSA) is 56.7 Å². The molecule has 0 aliphatic rings. The number of hydrogen-bond acceptors (Lipinski definition) is 3. The lowest BCUT2D eigenvalue weighted by Crippen LogP contribution is -2.00. The molecule has 0 saturated heterocycles. The van der Waals surface area contributed by atoms with E-state index < -0.39 is 0 Å². The fourth-order valence-electron chi connectivity index (χ4n) is 2.51. The highest BCUT2D eigenvalue weighted by Gasteiger charge is 2.13. The highest BCUT2D eigenvalue weighted by Crippen LogP contribution is 2.26. The SMILES string of the molecule is CCCn1c(-c2cncc(F)c2)nc2cc(CN)ccc21. The van der Waals surface area contributed by atoms with E-state index in [-0.39, 0.29) is 5.82 Å². The standard InChI is InChI=1S/C16H17FN4/c1-2-5-21-15-4-3-11(8-18)6-14(15)20-16(21)12-7-13(17)10-19-9-12/h3-4,6-7,9-10H,2,5,8,18H2,1H3. The van der Waals surface area contributed by atoms with Crippen molar-refractivity contribution in [3.05, 3.63) is 48.0 Å². The van der Waals surface area contributed by atoms with Gasteiger partial charge in [-0.2, -0.15) is 0 Å². The number of pyridine rings is 1. The number of nitrogens with two attached hydrogens (primary N) is 1. The molecule has 1 aromatic carbocycles. The predicted octanol–water partition coefficient (Wildman–Crippen LogP) is 3.11. The first-order valence-corrected chi connectivity index (χ1v) is 7.03. The van der Waals surface area contributed by atoms with Crippen LogP contribution in [0.25, 0.3) is 22.4 Å². The van der Waals surface area contributed by atoms with Crippen LogP contribution < -0.4 is 5.73 Å². The Kier molecular flexibility index (Phi) is 3.66. The van der Waals surface area contributed by atoms with Gasteiger partial charge in [0.15, 0.2) is 0 Å². The summed E-state index contributed by atoms with van der Waals surface area (Å²) >= 11 is 0. The summed E-state index contributed by atoms with van der Waals surface area (Å²) in [6.07, 6.45) is 3.81. The second kappa shape index (κ2) is 5.61. The molecule has 2 heterocycles. The molecule has 21 heavy (non-hydrogen) atoms. The first-order valence-electron chi connectivity index (χ1n) is 7.03. The van der Waals surface area contributed by atoms with Crippen LogP contribution in [0.3, 0.4) is 0 Å². The van der Waals surface area contributed by atoms with E-state index in [0.29, 0.717) is 12.1 Å². The number of aromatic nitrogens is 3. The van der Waals surface area contributed by atoms with Crippen molar-refractivity contribution in [3.8, 4) is 11.4 Å². The second-order valence-corrected chi connectivity index (χ2v) is 5.01. The molecular weight excluding hydrogens is 267 g/mol. The van der Waals surface area contributed by atoms with Crippen LogP contribution in [-0.2, 0) is 13.1 Å². The Hall–Kier alpha value is -2.27. The average Bonchev–Trinajstić information content (AvgIpc) is 2.85. The van der Waals surface area contributed by atoms with E-state index in [2.05, 4.69) is 21.5 Å². The highest BCUT2D eigenvalue weighted by atomic mass is 19.1. The van der Waals surface area contributed by atoms with Crippen molar-refractivity contribution in [1.82, 2.24) is 14.5 Å². The van der Waals surface area contributed by atoms with Crippen molar-refractivity contribution in [2.75, 3.05) is 0 Å². The number of fused-ring (bicyclic) bond motifs is 1. The van der Waals surface area contributed by atoms with E-state index in [9.17, 15) is 4.39 Å². The maximum absolute atomic E-state index is 13.4. The van der Waals surface area contributed by atoms with Crippen molar-refractivity contribution in [2.24, 2.45) is 5.73 Å². The van der Waals surface area contributed by atoms with E-state index in [1.165, 1.54) is 12.3 Å². The Morgan fingerprint density at radius 3 is 2.81 bits per heavy atom. The lowest BCUT2D eigenvalue weighted by atomic mass is 10.2. The first-order chi connectivity index (χ1) is 10.2. The zero-order valence-electron chi connectivity index (χ0n) is 11.9. The number of hydrogen-bond donors (Lipinski definition) is 1. The van der Waals surface area contributed by atoms with Crippen molar-refractivity contribution >= 4 is 11.0 Å². The summed E-state index contributed by atoms with van der Waals surface area (Å²) in [6, 6.07) is 7.47. The Morgan fingerprint density at radius 1 is 1.24 bits per heavy atom. The van der Waals surface area contributed by atoms with Crippen molar-refractivity contribution in [2.45, 2.75) is 26.4 Å². The average molecular weight is 284 g/mol. The molecule has 0 saturated carbocycles. The molecule has 3 aromatic rings. The third-order valence-corrected chi connectivity index (χ3v) is 3.46. The molecule has 0 aliphatic heterocycles. The summed E-state index contributed by atoms with van der Waals surface area (Å²) in [7, 11) is 0. The summed E-state index contributed by atoms with van der Waals surface area (Å²) < 4.78 is 15.5. The third kappa shape index (κ3) is 2.52. The third-order valence-electron chi connectivity index (χ3n) is 3.46. The lowest BCUT2D eigenvalue weighted by Gasteiger charge is -2.07. The van der Waals surface area contributed by atoms with Gasteiger partial charge in [-0.15, -0.1) is 0 Å². The molecule has 0 atom stereocenters. The Bertz CT molecular complexity index is 779. The summed E-state index contributed by atoms with van der Waals surface area (Å²) in [5.41, 5.74) is 9.32. The normalized spacial score (nSPS) is 11.2. The summed E-state index contributed by atoms with van der Waals surface area (Å²) in [5, 5.41) is 0. The summed E-state index contributed by atoms with van der Waals surface area (Å²) in [6.45, 7) is 3.41. The number of imidazole rings is 1. The van der Waals surface area contributed by atoms with Gasteiger partial charge in [0, 0.05) is 24.8 Å². The fourth-order valence-corrected chi connectivity index (χ4v) is 2.51. The van der Waals surface area contributed by atoms with E-state index in [1.54, 1.807) is 6.20 Å². The minimum atomic E-state index is -0.356. The zero-order chi connectivity index (χ0) is 14.8. The smallest absolute Gasteiger partial charge is 0.142 e. The number of aryl methyl sites for hydroxylation is 1. The van der Waals surface area contributed by atoms with Gasteiger partial charge in [0.1, 0.15) is 11.6 Å². The molecule has 0 spiro atoms. The van der Waals surface area contributed by atoms with Gasteiger partial charge in [0.2, 0.25) is 0 Å². The molecule has 108 valence electrons. The van der Waals surface area contributed by atoms with Crippen LogP contribution in [0.2, 0.25) is 0 Å². The number of nitrogens with zero attached hydrogens (tertiary/aromatic N) is 3. The summed E-state index contributed by atoms with van der Waals surface area (Å²) in [4.78, 5) is 8.57. The maximum atomic E-state index is 13.4. The van der Waals surface area contributed by atoms with Crippen LogP contribution in [-0.4, -0.2) is 14.5 Å². The van der Waals surface area contributed by atoms with Gasteiger partial charge in [-0.25, -0.2) is 9.37 Å². The molecule has 5 heteroatoms. The Balaban J connectivity index is 2.23. The quantitative estimate of drug-likeness (QED) is 0.801. The molecule has 3 rings (SSSR count). The van der Waals surface area contributed by atoms with Crippen molar-refractivity contribution < 1.29 is 4.39 Å². The molecule has 0 aliphatic carbocycles. The van der Waals surface area contributed by atoms with E-state index >= 15 is 0 Å². The number of halogens is 1. The monoisotopic (exact) mass is 284 g/mol. The van der Waals surface area contributed by atoms with Crippen LogP contribution >= 0.6 is 0 Å². The van der Waals surface area contributed by atoms with Crippen LogP contribution in [0.1, 0.15) is 18.9 Å². The Labute approximate surface area is 122 Å². The van der Waals surface area contributed by atoms with Crippen molar-refractivity contribution in [1.29, 1.82) is 0 Å². The second-order valence-electron chi connectivity index (χ2n) is 5.01. The zero-order valence-corrected chi connectivity index (χ0v) is 11.9. The first kappa shape index (κ1) is 13.7. The van der Waals surface area contributed by atoms with E-state index in [1.807, 2.05) is 18.2 Å². The number of benzene rings is 1. The van der Waals surface area contributed by atoms with Gasteiger partial charge in [-0.3, -0.25) is 4.98 Å². The summed E-state index contributed by atoms with van der Waals surface area (Å²) in [5.74, 6) is 0.387. The molecular formula is C16H17FN4. The fraction of sp³-hybridized carbons (Fsp3) is 0.250. The molecule has 0 unspecified atom stereocenters. The van der Waals surface area contributed by atoms with Crippen LogP contribution in [0.15, 0.2) is 36.7 Å². The van der Waals surface area contributed by atoms with Crippen molar-refractivity contribution in [3.63, 3.8) is 0 Å². The Morgan fingerprint density at radius 2 is 2.10 bits per heavy atom. The minimum absolute atomic E-state index is 0.356. The molecule has 0 bridgehead atoms. The van der Waals surface area contributed by atoms with Crippen LogP contribution in [0.4, 0.5) is 4.39 Å². The van der Waals surface area contributed by atoms with E-state index in [4.69, 9.17) is 5.73 Å². The minimum Gasteiger partial charge on any atom is -0.326 e. The van der Waals surface area contributed by atoms with Gasteiger partial charge >= 0.3 is 0 Å². The molecule has 2 N–H and O–H groups in total. The number of rotatable bonds is 4. The van der Waals surface area contributed by atoms with E-state index in [0.717, 1.165) is 35.4 Å². The van der Waals surface area contributed by atoms with Gasteiger partial charge in [0.25, 0.3) is 0 Å². The van der Waals surface area contributed by atoms with Crippen LogP contribution in [0.5, 0.6) is 0 Å². The molecule has 2 aromatic heterocycles. The van der Waals surface area contributed by atoms with Gasteiger partial charge in [-0.05, 0) is 30.2 Å². The van der Waals surface area contributed by atoms with Gasteiger partial charge in [-0.1, -0.05) is 13.0 Å². The molecule has 0 amide bonds. The lowest BCUT2D eigenvalue weighted by molar-refractivity contribution is 0.621. The predicted molar refractivity (Wildman–Crippen MR) is 81.1 cm³/mol. The largest absolute Gasteiger partial charge is 0.326 e. The highest BCUT2D eigenvalue weighted by molar-refractivity contribution is 5.81. The molecule has 4 nitrogen and oxygen atoms in total. The molecule has 0 radical (unpaired) electrons. The van der Waals surface area contributed by atoms with Gasteiger partial charge in [0.05, 0.1) is 17.2 Å². The van der Waals surface area contributed by atoms with Gasteiger partial charge < -0.3 is 10.3 Å². The molecule has 0 fully saturated rings.